The van der Waals surface area contributed by atoms with Crippen molar-refractivity contribution in [3.63, 3.8) is 0 Å². The van der Waals surface area contributed by atoms with Gasteiger partial charge in [0, 0.05) is 10.5 Å². The third-order valence-electron chi connectivity index (χ3n) is 3.57. The Bertz CT molecular complexity index is 879. The van der Waals surface area contributed by atoms with E-state index < -0.39 is 18.3 Å². The first-order valence-corrected chi connectivity index (χ1v) is 7.15. The minimum absolute atomic E-state index is 0.0320. The van der Waals surface area contributed by atoms with Gasteiger partial charge < -0.3 is 14.6 Å². The number of azide groups is 1. The van der Waals surface area contributed by atoms with E-state index in [-0.39, 0.29) is 17.9 Å². The van der Waals surface area contributed by atoms with Crippen molar-refractivity contribution in [3.8, 4) is 22.6 Å². The first kappa shape index (κ1) is 16.5. The van der Waals surface area contributed by atoms with E-state index in [1.807, 2.05) is 0 Å². The van der Waals surface area contributed by atoms with E-state index in [2.05, 4.69) is 19.5 Å². The molecule has 128 valence electrons. The minimum atomic E-state index is -3.73. The van der Waals surface area contributed by atoms with Crippen LogP contribution in [0.1, 0.15) is 5.56 Å². The Kier molecular flexibility index (Phi) is 4.16. The highest BCUT2D eigenvalue weighted by molar-refractivity contribution is 5.76. The van der Waals surface area contributed by atoms with Gasteiger partial charge in [-0.15, -0.1) is 8.78 Å². The van der Waals surface area contributed by atoms with Crippen molar-refractivity contribution < 1.29 is 28.2 Å². The molecule has 25 heavy (non-hydrogen) atoms. The van der Waals surface area contributed by atoms with Crippen molar-refractivity contribution in [1.29, 1.82) is 0 Å². The van der Waals surface area contributed by atoms with Crippen LogP contribution in [0.15, 0.2) is 47.6 Å². The molecular weight excluding hydrogens is 336 g/mol. The number of para-hydroxylation sites is 1. The van der Waals surface area contributed by atoms with Crippen molar-refractivity contribution in [1.82, 2.24) is 0 Å². The van der Waals surface area contributed by atoms with E-state index in [1.165, 1.54) is 6.07 Å². The lowest BCUT2D eigenvalue weighted by atomic mass is 9.99. The van der Waals surface area contributed by atoms with Crippen LogP contribution < -0.4 is 9.47 Å². The van der Waals surface area contributed by atoms with Gasteiger partial charge in [0.1, 0.15) is 6.04 Å². The molecule has 0 saturated carbocycles. The molecule has 7 nitrogen and oxygen atoms in total. The standard InChI is InChI=1S/C16H11F2N3O4/c17-16(18)24-13-6-2-5-11(14(13)25-16)10-4-1-3-9(7-10)8-12(15(22)23)20-21-19/h1-7,12H,8H2,(H,22,23). The van der Waals surface area contributed by atoms with Gasteiger partial charge >= 0.3 is 12.3 Å². The van der Waals surface area contributed by atoms with Gasteiger partial charge in [-0.2, -0.15) is 0 Å². The number of carbonyl (C=O) groups is 1. The smallest absolute Gasteiger partial charge is 0.481 e. The van der Waals surface area contributed by atoms with Crippen molar-refractivity contribution >= 4 is 5.97 Å². The van der Waals surface area contributed by atoms with Gasteiger partial charge in [0.05, 0.1) is 0 Å². The highest BCUT2D eigenvalue weighted by Gasteiger charge is 2.44. The van der Waals surface area contributed by atoms with E-state index in [0.29, 0.717) is 16.7 Å². The number of hydrogen-bond acceptors (Lipinski definition) is 4. The molecule has 1 aliphatic heterocycles. The molecule has 0 fully saturated rings. The van der Waals surface area contributed by atoms with Crippen LogP contribution in [0.3, 0.4) is 0 Å². The molecule has 0 aliphatic carbocycles. The molecule has 1 heterocycles. The van der Waals surface area contributed by atoms with Gasteiger partial charge in [-0.1, -0.05) is 41.5 Å². The molecule has 0 saturated heterocycles. The lowest BCUT2D eigenvalue weighted by Crippen LogP contribution is -2.26. The fraction of sp³-hybridized carbons (Fsp3) is 0.188. The SMILES string of the molecule is [N-]=[N+]=NC(Cc1cccc(-c2cccc3c2OC(F)(F)O3)c1)C(=O)O. The van der Waals surface area contributed by atoms with E-state index in [4.69, 9.17) is 10.6 Å². The van der Waals surface area contributed by atoms with Gasteiger partial charge in [-0.25, -0.2) is 0 Å². The van der Waals surface area contributed by atoms with Crippen molar-refractivity contribution in [2.45, 2.75) is 18.8 Å². The maximum atomic E-state index is 13.3. The largest absolute Gasteiger partial charge is 0.586 e. The summed E-state index contributed by atoms with van der Waals surface area (Å²) >= 11 is 0. The molecule has 2 aromatic carbocycles. The first-order valence-electron chi connectivity index (χ1n) is 7.15. The summed E-state index contributed by atoms with van der Waals surface area (Å²) in [4.78, 5) is 13.6. The van der Waals surface area contributed by atoms with E-state index >= 15 is 0 Å². The summed E-state index contributed by atoms with van der Waals surface area (Å²) in [6, 6.07) is 9.84. The fourth-order valence-electron chi connectivity index (χ4n) is 2.53. The van der Waals surface area contributed by atoms with Crippen molar-refractivity contribution in [2.75, 3.05) is 0 Å². The van der Waals surface area contributed by atoms with Crippen LogP contribution in [-0.2, 0) is 11.2 Å². The number of hydrogen-bond donors (Lipinski definition) is 1. The average molecular weight is 347 g/mol. The Balaban J connectivity index is 1.95. The molecular formula is C16H11F2N3O4. The zero-order valence-electron chi connectivity index (χ0n) is 12.6. The number of nitrogens with zero attached hydrogens (tertiary/aromatic N) is 3. The normalized spacial score (nSPS) is 15.3. The third kappa shape index (κ3) is 3.46. The molecule has 0 radical (unpaired) electrons. The molecule has 0 amide bonds. The van der Waals surface area contributed by atoms with Crippen molar-refractivity contribution in [2.24, 2.45) is 5.11 Å². The second-order valence-electron chi connectivity index (χ2n) is 5.26. The molecule has 1 atom stereocenters. The zero-order chi connectivity index (χ0) is 18.0. The second-order valence-corrected chi connectivity index (χ2v) is 5.26. The maximum absolute atomic E-state index is 13.3. The number of rotatable bonds is 5. The van der Waals surface area contributed by atoms with Gasteiger partial charge in [0.25, 0.3) is 0 Å². The molecule has 1 N–H and O–H groups in total. The monoisotopic (exact) mass is 347 g/mol. The highest BCUT2D eigenvalue weighted by Crippen LogP contribution is 2.47. The van der Waals surface area contributed by atoms with Crippen LogP contribution in [0.2, 0.25) is 0 Å². The quantitative estimate of drug-likeness (QED) is 0.502. The topological polar surface area (TPSA) is 105 Å². The first-order chi connectivity index (χ1) is 11.9. The van der Waals surface area contributed by atoms with E-state index in [0.717, 1.165) is 0 Å². The van der Waals surface area contributed by atoms with Crippen LogP contribution in [0.5, 0.6) is 11.5 Å². The molecule has 1 unspecified atom stereocenters. The third-order valence-corrected chi connectivity index (χ3v) is 3.57. The lowest BCUT2D eigenvalue weighted by molar-refractivity contribution is -0.286. The van der Waals surface area contributed by atoms with Crippen molar-refractivity contribution in [3.05, 3.63) is 58.5 Å². The van der Waals surface area contributed by atoms with Crippen LogP contribution in [0, 0.1) is 0 Å². The molecule has 9 heteroatoms. The Morgan fingerprint density at radius 2 is 2.04 bits per heavy atom. The van der Waals surface area contributed by atoms with Gasteiger partial charge in [-0.3, -0.25) is 4.79 Å². The number of halogens is 2. The molecule has 2 aromatic rings. The Labute approximate surface area is 140 Å². The summed E-state index contributed by atoms with van der Waals surface area (Å²) in [5.41, 5.74) is 9.94. The number of aliphatic carboxylic acids is 1. The average Bonchev–Trinajstić information content (AvgIpc) is 2.88. The predicted molar refractivity (Wildman–Crippen MR) is 82.4 cm³/mol. The molecule has 3 rings (SSSR count). The summed E-state index contributed by atoms with van der Waals surface area (Å²) in [6.07, 6.45) is -3.76. The van der Waals surface area contributed by atoms with Crippen LogP contribution in [0.4, 0.5) is 8.78 Å². The number of fused-ring (bicyclic) bond motifs is 1. The van der Waals surface area contributed by atoms with Gasteiger partial charge in [-0.05, 0) is 29.1 Å². The van der Waals surface area contributed by atoms with Gasteiger partial charge in [0.15, 0.2) is 11.5 Å². The summed E-state index contributed by atoms with van der Waals surface area (Å²) in [6.45, 7) is 0. The van der Waals surface area contributed by atoms with E-state index in [1.54, 1.807) is 36.4 Å². The van der Waals surface area contributed by atoms with Gasteiger partial charge in [0.2, 0.25) is 0 Å². The van der Waals surface area contributed by atoms with E-state index in [9.17, 15) is 13.6 Å². The fourth-order valence-corrected chi connectivity index (χ4v) is 2.53. The summed E-state index contributed by atoms with van der Waals surface area (Å²) in [7, 11) is 0. The molecule has 1 aliphatic rings. The number of alkyl halides is 2. The van der Waals surface area contributed by atoms with Crippen LogP contribution >= 0.6 is 0 Å². The summed E-state index contributed by atoms with van der Waals surface area (Å²) in [5.74, 6) is -1.42. The number of ether oxygens (including phenoxy) is 2. The molecule has 0 bridgehead atoms. The molecule has 0 aromatic heterocycles. The zero-order valence-corrected chi connectivity index (χ0v) is 12.6. The number of carboxylic acids is 1. The van der Waals surface area contributed by atoms with Crippen LogP contribution in [-0.4, -0.2) is 23.4 Å². The second kappa shape index (κ2) is 6.29. The maximum Gasteiger partial charge on any atom is 0.586 e. The summed E-state index contributed by atoms with van der Waals surface area (Å²) in [5, 5.41) is 12.3. The Hall–Kier alpha value is -3.32. The minimum Gasteiger partial charge on any atom is -0.481 e. The molecule has 0 spiro atoms. The number of carboxylic acid groups (broad SMARTS) is 1. The Morgan fingerprint density at radius 3 is 2.76 bits per heavy atom. The lowest BCUT2D eigenvalue weighted by Gasteiger charge is -2.10. The Morgan fingerprint density at radius 1 is 1.28 bits per heavy atom. The van der Waals surface area contributed by atoms with Crippen LogP contribution in [0.25, 0.3) is 21.6 Å². The number of benzene rings is 2. The highest BCUT2D eigenvalue weighted by atomic mass is 19.3. The summed E-state index contributed by atoms with van der Waals surface area (Å²) < 4.78 is 35.6. The predicted octanol–water partition coefficient (Wildman–Crippen LogP) is 3.98.